The number of fused-ring (bicyclic) bond motifs is 1. The Balaban J connectivity index is 1.60. The SMILES string of the molecule is CCc1cccc2c(/C=C3\SC(=S)N(CCOC)C3=O)cn(CC(=O)NC[C@H]3CCCO3)c12. The van der Waals surface area contributed by atoms with E-state index < -0.39 is 0 Å². The molecular weight excluding hydrogens is 458 g/mol. The van der Waals surface area contributed by atoms with Crippen molar-refractivity contribution in [3.05, 3.63) is 40.4 Å². The van der Waals surface area contributed by atoms with Crippen molar-refractivity contribution >= 4 is 57.1 Å². The minimum atomic E-state index is -0.107. The Morgan fingerprint density at radius 3 is 3.00 bits per heavy atom. The van der Waals surface area contributed by atoms with Crippen molar-refractivity contribution in [3.63, 3.8) is 0 Å². The van der Waals surface area contributed by atoms with Gasteiger partial charge in [0.25, 0.3) is 5.91 Å². The van der Waals surface area contributed by atoms with Gasteiger partial charge in [-0.3, -0.25) is 14.5 Å². The van der Waals surface area contributed by atoms with Crippen LogP contribution in [0.4, 0.5) is 0 Å². The number of benzene rings is 1. The summed E-state index contributed by atoms with van der Waals surface area (Å²) in [6, 6.07) is 6.13. The molecule has 176 valence electrons. The van der Waals surface area contributed by atoms with Crippen LogP contribution in [0.5, 0.6) is 0 Å². The number of carbonyl (C=O) groups excluding carboxylic acids is 2. The van der Waals surface area contributed by atoms with Gasteiger partial charge in [-0.2, -0.15) is 0 Å². The zero-order valence-corrected chi connectivity index (χ0v) is 20.6. The molecule has 4 rings (SSSR count). The lowest BCUT2D eigenvalue weighted by Crippen LogP contribution is -2.34. The van der Waals surface area contributed by atoms with Gasteiger partial charge in [-0.1, -0.05) is 49.1 Å². The van der Waals surface area contributed by atoms with Gasteiger partial charge in [-0.05, 0) is 30.9 Å². The number of thiocarbonyl (C=S) groups is 1. The molecule has 1 aromatic carbocycles. The van der Waals surface area contributed by atoms with Crippen molar-refractivity contribution < 1.29 is 19.1 Å². The molecule has 0 bridgehead atoms. The first-order chi connectivity index (χ1) is 16.0. The third-order valence-corrected chi connectivity index (χ3v) is 7.32. The lowest BCUT2D eigenvalue weighted by atomic mass is 10.1. The number of ether oxygens (including phenoxy) is 2. The molecule has 2 aliphatic rings. The van der Waals surface area contributed by atoms with Gasteiger partial charge < -0.3 is 19.4 Å². The number of hydrogen-bond donors (Lipinski definition) is 1. The molecule has 7 nitrogen and oxygen atoms in total. The van der Waals surface area contributed by atoms with Crippen LogP contribution in [0.15, 0.2) is 29.3 Å². The molecule has 0 unspecified atom stereocenters. The maximum atomic E-state index is 12.9. The molecule has 9 heteroatoms. The van der Waals surface area contributed by atoms with Crippen LogP contribution >= 0.6 is 24.0 Å². The minimum absolute atomic E-state index is 0.0502. The van der Waals surface area contributed by atoms with E-state index >= 15 is 0 Å². The van der Waals surface area contributed by atoms with E-state index in [9.17, 15) is 9.59 Å². The van der Waals surface area contributed by atoms with Gasteiger partial charge in [0.1, 0.15) is 10.9 Å². The third kappa shape index (κ3) is 5.32. The van der Waals surface area contributed by atoms with Crippen molar-refractivity contribution in [2.75, 3.05) is 33.4 Å². The molecule has 0 radical (unpaired) electrons. The quantitative estimate of drug-likeness (QED) is 0.432. The summed E-state index contributed by atoms with van der Waals surface area (Å²) in [5.74, 6) is -0.158. The Morgan fingerprint density at radius 1 is 1.42 bits per heavy atom. The summed E-state index contributed by atoms with van der Waals surface area (Å²) in [4.78, 5) is 27.8. The highest BCUT2D eigenvalue weighted by atomic mass is 32.2. The first-order valence-electron chi connectivity index (χ1n) is 11.2. The Labute approximate surface area is 203 Å². The lowest BCUT2D eigenvalue weighted by molar-refractivity contribution is -0.123. The molecule has 2 aliphatic heterocycles. The fraction of sp³-hybridized carbons (Fsp3) is 0.458. The van der Waals surface area contributed by atoms with Crippen LogP contribution in [0.2, 0.25) is 0 Å². The average Bonchev–Trinajstić information content (AvgIpc) is 3.51. The number of nitrogens with zero attached hydrogens (tertiary/aromatic N) is 2. The van der Waals surface area contributed by atoms with Gasteiger partial charge in [0.2, 0.25) is 5.91 Å². The van der Waals surface area contributed by atoms with Crippen molar-refractivity contribution in [2.24, 2.45) is 0 Å². The summed E-state index contributed by atoms with van der Waals surface area (Å²) < 4.78 is 13.2. The van der Waals surface area contributed by atoms with E-state index in [0.29, 0.717) is 28.9 Å². The van der Waals surface area contributed by atoms with Crippen molar-refractivity contribution in [3.8, 4) is 0 Å². The number of para-hydroxylation sites is 1. The summed E-state index contributed by atoms with van der Waals surface area (Å²) in [6.45, 7) is 4.48. The number of aryl methyl sites for hydroxylation is 1. The Bertz CT molecular complexity index is 1090. The highest BCUT2D eigenvalue weighted by Crippen LogP contribution is 2.35. The number of methoxy groups -OCH3 is 1. The van der Waals surface area contributed by atoms with E-state index in [4.69, 9.17) is 21.7 Å². The highest BCUT2D eigenvalue weighted by Gasteiger charge is 2.32. The van der Waals surface area contributed by atoms with Crippen LogP contribution < -0.4 is 5.32 Å². The number of nitrogens with one attached hydrogen (secondary N) is 1. The fourth-order valence-electron chi connectivity index (χ4n) is 4.25. The van der Waals surface area contributed by atoms with Crippen LogP contribution in [0.1, 0.15) is 30.9 Å². The van der Waals surface area contributed by atoms with Crippen LogP contribution in [0.3, 0.4) is 0 Å². The van der Waals surface area contributed by atoms with Gasteiger partial charge in [-0.15, -0.1) is 0 Å². The largest absolute Gasteiger partial charge is 0.383 e. The lowest BCUT2D eigenvalue weighted by Gasteiger charge is -2.12. The zero-order chi connectivity index (χ0) is 23.4. The highest BCUT2D eigenvalue weighted by molar-refractivity contribution is 8.26. The van der Waals surface area contributed by atoms with Crippen molar-refractivity contribution in [1.82, 2.24) is 14.8 Å². The summed E-state index contributed by atoms with van der Waals surface area (Å²) in [7, 11) is 1.60. The van der Waals surface area contributed by atoms with Crippen molar-refractivity contribution in [1.29, 1.82) is 0 Å². The molecule has 1 atom stereocenters. The number of amides is 2. The predicted molar refractivity (Wildman–Crippen MR) is 135 cm³/mol. The average molecular weight is 488 g/mol. The summed E-state index contributed by atoms with van der Waals surface area (Å²) in [6.07, 6.45) is 6.82. The molecule has 2 fully saturated rings. The van der Waals surface area contributed by atoms with E-state index in [1.807, 2.05) is 29.0 Å². The second-order valence-corrected chi connectivity index (χ2v) is 9.82. The number of carbonyl (C=O) groups is 2. The van der Waals surface area contributed by atoms with Gasteiger partial charge in [-0.25, -0.2) is 0 Å². The number of aromatic nitrogens is 1. The standard InChI is InChI=1S/C24H29N3O4S2/c1-3-16-6-4-8-19-17(12-20-23(29)27(9-11-30-2)24(32)33-20)14-26(22(16)19)15-21(28)25-13-18-7-5-10-31-18/h4,6,8,12,14,18H,3,5,7,9-11,13,15H2,1-2H3,(H,25,28)/b20-12-/t18-/m1/s1. The minimum Gasteiger partial charge on any atom is -0.383 e. The van der Waals surface area contributed by atoms with Crippen LogP contribution in [-0.2, 0) is 32.0 Å². The Morgan fingerprint density at radius 2 is 2.27 bits per heavy atom. The normalized spacial score (nSPS) is 19.9. The van der Waals surface area contributed by atoms with Crippen molar-refractivity contribution in [2.45, 2.75) is 38.8 Å². The predicted octanol–water partition coefficient (Wildman–Crippen LogP) is 3.35. The molecule has 0 aliphatic carbocycles. The second kappa shape index (κ2) is 10.8. The van der Waals surface area contributed by atoms with E-state index in [1.54, 1.807) is 12.0 Å². The summed E-state index contributed by atoms with van der Waals surface area (Å²) >= 11 is 6.70. The first-order valence-corrected chi connectivity index (χ1v) is 12.5. The number of hydrogen-bond acceptors (Lipinski definition) is 6. The number of thioether (sulfide) groups is 1. The molecule has 1 aromatic heterocycles. The summed E-state index contributed by atoms with van der Waals surface area (Å²) in [5.41, 5.74) is 3.08. The zero-order valence-electron chi connectivity index (χ0n) is 19.0. The monoisotopic (exact) mass is 487 g/mol. The van der Waals surface area contributed by atoms with Crippen LogP contribution in [-0.4, -0.2) is 65.1 Å². The molecule has 33 heavy (non-hydrogen) atoms. The van der Waals surface area contributed by atoms with E-state index in [2.05, 4.69) is 18.3 Å². The van der Waals surface area contributed by atoms with Gasteiger partial charge >= 0.3 is 0 Å². The first kappa shape index (κ1) is 23.9. The van der Waals surface area contributed by atoms with Crippen LogP contribution in [0.25, 0.3) is 17.0 Å². The van der Waals surface area contributed by atoms with E-state index in [0.717, 1.165) is 47.9 Å². The van der Waals surface area contributed by atoms with E-state index in [-0.39, 0.29) is 24.5 Å². The molecule has 1 N–H and O–H groups in total. The third-order valence-electron chi connectivity index (χ3n) is 5.94. The van der Waals surface area contributed by atoms with E-state index in [1.165, 1.54) is 11.8 Å². The summed E-state index contributed by atoms with van der Waals surface area (Å²) in [5, 5.41) is 4.02. The molecule has 2 aromatic rings. The molecule has 3 heterocycles. The smallest absolute Gasteiger partial charge is 0.266 e. The fourth-order valence-corrected chi connectivity index (χ4v) is 5.55. The Kier molecular flexibility index (Phi) is 7.85. The number of rotatable bonds is 9. The van der Waals surface area contributed by atoms with Crippen LogP contribution in [0, 0.1) is 0 Å². The Hall–Kier alpha value is -2.20. The maximum Gasteiger partial charge on any atom is 0.266 e. The van der Waals surface area contributed by atoms with Gasteiger partial charge in [0.05, 0.1) is 29.7 Å². The molecule has 2 saturated heterocycles. The molecular formula is C24H29N3O4S2. The van der Waals surface area contributed by atoms with Gasteiger partial charge in [0, 0.05) is 37.4 Å². The molecule has 0 saturated carbocycles. The molecule has 0 spiro atoms. The molecule has 2 amide bonds. The second-order valence-electron chi connectivity index (χ2n) is 8.14. The topological polar surface area (TPSA) is 72.8 Å². The maximum absolute atomic E-state index is 12.9. The van der Waals surface area contributed by atoms with Gasteiger partial charge in [0.15, 0.2) is 0 Å².